The number of rotatable bonds is 5. The van der Waals surface area contributed by atoms with Crippen molar-refractivity contribution in [2.45, 2.75) is 26.0 Å². The summed E-state index contributed by atoms with van der Waals surface area (Å²) < 4.78 is 7.60. The van der Waals surface area contributed by atoms with E-state index in [1.807, 2.05) is 39.1 Å². The van der Waals surface area contributed by atoms with E-state index in [4.69, 9.17) is 4.74 Å². The maximum Gasteiger partial charge on any atom is 0.119 e. The van der Waals surface area contributed by atoms with Crippen LogP contribution in [0.4, 0.5) is 0 Å². The van der Waals surface area contributed by atoms with E-state index in [1.54, 1.807) is 6.20 Å². The molecule has 0 spiro atoms. The summed E-state index contributed by atoms with van der Waals surface area (Å²) in [5.74, 6) is 0.881. The van der Waals surface area contributed by atoms with Gasteiger partial charge in [0, 0.05) is 15.1 Å². The highest BCUT2D eigenvalue weighted by molar-refractivity contribution is 9.11. The zero-order valence-corrected chi connectivity index (χ0v) is 15.4. The molecule has 21 heavy (non-hydrogen) atoms. The molecule has 1 N–H and O–H groups in total. The first-order valence-corrected chi connectivity index (χ1v) is 8.34. The number of aromatic nitrogens is 1. The number of benzene rings is 1. The van der Waals surface area contributed by atoms with Gasteiger partial charge in [0.25, 0.3) is 0 Å². The van der Waals surface area contributed by atoms with Crippen LogP contribution in [0, 0.1) is 0 Å². The van der Waals surface area contributed by atoms with Gasteiger partial charge in [-0.1, -0.05) is 12.1 Å². The van der Waals surface area contributed by atoms with Crippen LogP contribution in [-0.2, 0) is 0 Å². The molecule has 1 unspecified atom stereocenters. The molecule has 1 atom stereocenters. The van der Waals surface area contributed by atoms with Crippen molar-refractivity contribution in [3.05, 3.63) is 56.7 Å². The van der Waals surface area contributed by atoms with Gasteiger partial charge in [0.2, 0.25) is 0 Å². The lowest BCUT2D eigenvalue weighted by Gasteiger charge is -2.18. The Labute approximate surface area is 142 Å². The second-order valence-electron chi connectivity index (χ2n) is 4.98. The molecule has 0 aliphatic heterocycles. The predicted octanol–water partition coefficient (Wildman–Crippen LogP) is 4.70. The molecule has 0 radical (unpaired) electrons. The molecule has 0 amide bonds. The third-order valence-electron chi connectivity index (χ3n) is 2.98. The molecule has 1 heterocycles. The first-order valence-electron chi connectivity index (χ1n) is 6.76. The van der Waals surface area contributed by atoms with Crippen molar-refractivity contribution < 1.29 is 4.74 Å². The average molecular weight is 414 g/mol. The SMILES string of the molecule is CNC(c1ccc(OC(C)C)cc1)c1ncc(Br)cc1Br. The molecular weight excluding hydrogens is 396 g/mol. The van der Waals surface area contributed by atoms with E-state index in [0.29, 0.717) is 0 Å². The van der Waals surface area contributed by atoms with Crippen molar-refractivity contribution in [1.82, 2.24) is 10.3 Å². The van der Waals surface area contributed by atoms with Crippen LogP contribution in [0.5, 0.6) is 5.75 Å². The molecule has 2 aromatic rings. The summed E-state index contributed by atoms with van der Waals surface area (Å²) >= 11 is 7.00. The highest BCUT2D eigenvalue weighted by Crippen LogP contribution is 2.29. The van der Waals surface area contributed by atoms with Gasteiger partial charge >= 0.3 is 0 Å². The van der Waals surface area contributed by atoms with Gasteiger partial charge in [0.1, 0.15) is 5.75 Å². The lowest BCUT2D eigenvalue weighted by Crippen LogP contribution is -2.19. The van der Waals surface area contributed by atoms with Crippen molar-refractivity contribution in [1.29, 1.82) is 0 Å². The topological polar surface area (TPSA) is 34.1 Å². The Balaban J connectivity index is 2.28. The number of hydrogen-bond donors (Lipinski definition) is 1. The zero-order chi connectivity index (χ0) is 15.4. The molecule has 0 fully saturated rings. The van der Waals surface area contributed by atoms with Gasteiger partial charge in [-0.05, 0) is 76.5 Å². The van der Waals surface area contributed by atoms with Crippen LogP contribution in [0.3, 0.4) is 0 Å². The Morgan fingerprint density at radius 3 is 2.33 bits per heavy atom. The fourth-order valence-electron chi connectivity index (χ4n) is 2.11. The number of hydrogen-bond acceptors (Lipinski definition) is 3. The van der Waals surface area contributed by atoms with Gasteiger partial charge in [-0.2, -0.15) is 0 Å². The monoisotopic (exact) mass is 412 g/mol. The Morgan fingerprint density at radius 2 is 1.81 bits per heavy atom. The average Bonchev–Trinajstić information content (AvgIpc) is 2.43. The first kappa shape index (κ1) is 16.5. The van der Waals surface area contributed by atoms with E-state index in [9.17, 15) is 0 Å². The van der Waals surface area contributed by atoms with Gasteiger partial charge in [-0.15, -0.1) is 0 Å². The summed E-state index contributed by atoms with van der Waals surface area (Å²) in [6.45, 7) is 4.04. The Kier molecular flexibility index (Phi) is 5.79. The molecule has 0 bridgehead atoms. The Morgan fingerprint density at radius 1 is 1.14 bits per heavy atom. The van der Waals surface area contributed by atoms with Crippen LogP contribution in [0.1, 0.15) is 31.1 Å². The van der Waals surface area contributed by atoms with E-state index in [1.165, 1.54) is 0 Å². The Hall–Kier alpha value is -0.910. The summed E-state index contributed by atoms with van der Waals surface area (Å²) in [6.07, 6.45) is 1.99. The molecule has 5 heteroatoms. The summed E-state index contributed by atoms with van der Waals surface area (Å²) in [5, 5.41) is 3.31. The van der Waals surface area contributed by atoms with Gasteiger partial charge in [-0.25, -0.2) is 0 Å². The van der Waals surface area contributed by atoms with Gasteiger partial charge in [0.15, 0.2) is 0 Å². The van der Waals surface area contributed by atoms with E-state index >= 15 is 0 Å². The molecule has 1 aromatic carbocycles. The third kappa shape index (κ3) is 4.28. The number of halogens is 2. The molecule has 2 rings (SSSR count). The van der Waals surface area contributed by atoms with E-state index in [0.717, 1.165) is 26.0 Å². The molecule has 0 aliphatic rings. The highest BCUT2D eigenvalue weighted by atomic mass is 79.9. The van der Waals surface area contributed by atoms with Crippen LogP contribution in [-0.4, -0.2) is 18.1 Å². The van der Waals surface area contributed by atoms with Gasteiger partial charge < -0.3 is 10.1 Å². The van der Waals surface area contributed by atoms with Crippen LogP contribution in [0.15, 0.2) is 45.5 Å². The molecular formula is C16H18Br2N2O. The minimum Gasteiger partial charge on any atom is -0.491 e. The van der Waals surface area contributed by atoms with Crippen LogP contribution in [0.25, 0.3) is 0 Å². The largest absolute Gasteiger partial charge is 0.491 e. The Bertz CT molecular complexity index is 600. The summed E-state index contributed by atoms with van der Waals surface area (Å²) in [7, 11) is 1.93. The lowest BCUT2D eigenvalue weighted by atomic mass is 10.0. The van der Waals surface area contributed by atoms with Gasteiger partial charge in [-0.3, -0.25) is 4.98 Å². The van der Waals surface area contributed by atoms with E-state index in [-0.39, 0.29) is 12.1 Å². The second kappa shape index (κ2) is 7.38. The molecule has 0 saturated heterocycles. The van der Waals surface area contributed by atoms with E-state index in [2.05, 4.69) is 54.3 Å². The minimum atomic E-state index is 0.0283. The van der Waals surface area contributed by atoms with Crippen molar-refractivity contribution in [2.24, 2.45) is 0 Å². The van der Waals surface area contributed by atoms with Crippen LogP contribution in [0.2, 0.25) is 0 Å². The third-order valence-corrected chi connectivity index (χ3v) is 4.05. The highest BCUT2D eigenvalue weighted by Gasteiger charge is 2.17. The normalized spacial score (nSPS) is 12.5. The predicted molar refractivity (Wildman–Crippen MR) is 92.7 cm³/mol. The quantitative estimate of drug-likeness (QED) is 0.771. The summed E-state index contributed by atoms with van der Waals surface area (Å²) in [4.78, 5) is 4.51. The lowest BCUT2D eigenvalue weighted by molar-refractivity contribution is 0.242. The standard InChI is InChI=1S/C16H18Br2N2O/c1-10(2)21-13-6-4-11(5-7-13)15(19-3)16-14(18)8-12(17)9-20-16/h4-10,15,19H,1-3H3. The molecule has 112 valence electrons. The summed E-state index contributed by atoms with van der Waals surface area (Å²) in [5.41, 5.74) is 2.10. The molecule has 0 saturated carbocycles. The van der Waals surface area contributed by atoms with E-state index < -0.39 is 0 Å². The van der Waals surface area contributed by atoms with Gasteiger partial charge in [0.05, 0.1) is 17.8 Å². The second-order valence-corrected chi connectivity index (χ2v) is 6.75. The molecule has 3 nitrogen and oxygen atoms in total. The number of nitrogens with zero attached hydrogens (tertiary/aromatic N) is 1. The zero-order valence-electron chi connectivity index (χ0n) is 12.2. The summed E-state index contributed by atoms with van der Waals surface area (Å²) in [6, 6.07) is 10.1. The first-order chi connectivity index (χ1) is 10.0. The van der Waals surface area contributed by atoms with Crippen molar-refractivity contribution in [3.8, 4) is 5.75 Å². The van der Waals surface area contributed by atoms with Crippen molar-refractivity contribution >= 4 is 31.9 Å². The fourth-order valence-corrected chi connectivity index (χ4v) is 3.33. The fraction of sp³-hybridized carbons (Fsp3) is 0.312. The van der Waals surface area contributed by atoms with Crippen molar-refractivity contribution in [2.75, 3.05) is 7.05 Å². The number of ether oxygens (including phenoxy) is 1. The van der Waals surface area contributed by atoms with Crippen LogP contribution >= 0.6 is 31.9 Å². The number of pyridine rings is 1. The smallest absolute Gasteiger partial charge is 0.119 e. The van der Waals surface area contributed by atoms with Crippen molar-refractivity contribution in [3.63, 3.8) is 0 Å². The minimum absolute atomic E-state index is 0.0283. The maximum absolute atomic E-state index is 5.68. The molecule has 1 aromatic heterocycles. The van der Waals surface area contributed by atoms with Crippen LogP contribution < -0.4 is 10.1 Å². The number of nitrogens with one attached hydrogen (secondary N) is 1. The molecule has 0 aliphatic carbocycles. The maximum atomic E-state index is 5.68.